The summed E-state index contributed by atoms with van der Waals surface area (Å²) in [5, 5.41) is 12.1. The Kier molecular flexibility index (Phi) is 4.15. The van der Waals surface area contributed by atoms with Crippen molar-refractivity contribution in [2.75, 3.05) is 0 Å². The highest BCUT2D eigenvalue weighted by molar-refractivity contribution is 5.88. The summed E-state index contributed by atoms with van der Waals surface area (Å²) in [6.07, 6.45) is -2.75. The van der Waals surface area contributed by atoms with E-state index in [4.69, 9.17) is 0 Å². The standard InChI is InChI=1S/C21H13F3N2O2/c22-21(23,24)16-4-3-5-17(13-16)25-11-10-14-8-9-15(12-20(14)25)18-6-1-2-7-19(18)26(27)28/h1-13H. The summed E-state index contributed by atoms with van der Waals surface area (Å²) in [6, 6.07) is 18.5. The van der Waals surface area contributed by atoms with Crippen molar-refractivity contribution < 1.29 is 18.1 Å². The number of benzene rings is 3. The van der Waals surface area contributed by atoms with Crippen molar-refractivity contribution in [3.05, 3.63) is 94.7 Å². The highest BCUT2D eigenvalue weighted by Crippen LogP contribution is 2.34. The number of fused-ring (bicyclic) bond motifs is 1. The van der Waals surface area contributed by atoms with Gasteiger partial charge in [0.25, 0.3) is 5.69 Å². The van der Waals surface area contributed by atoms with Crippen LogP contribution >= 0.6 is 0 Å². The van der Waals surface area contributed by atoms with Crippen LogP contribution in [-0.2, 0) is 6.18 Å². The maximum absolute atomic E-state index is 13.1. The molecular formula is C21H13F3N2O2. The van der Waals surface area contributed by atoms with Gasteiger partial charge in [0.05, 0.1) is 21.6 Å². The molecule has 4 aromatic rings. The molecule has 0 aliphatic heterocycles. The van der Waals surface area contributed by atoms with E-state index in [1.165, 1.54) is 12.1 Å². The van der Waals surface area contributed by atoms with Gasteiger partial charge in [0.2, 0.25) is 0 Å². The van der Waals surface area contributed by atoms with Crippen molar-refractivity contribution in [3.63, 3.8) is 0 Å². The predicted molar refractivity (Wildman–Crippen MR) is 100 cm³/mol. The zero-order chi connectivity index (χ0) is 19.9. The molecule has 7 heteroatoms. The van der Waals surface area contributed by atoms with E-state index in [-0.39, 0.29) is 5.69 Å². The van der Waals surface area contributed by atoms with Crippen LogP contribution in [0.15, 0.2) is 79.0 Å². The summed E-state index contributed by atoms with van der Waals surface area (Å²) in [5.74, 6) is 0. The third kappa shape index (κ3) is 3.11. The highest BCUT2D eigenvalue weighted by atomic mass is 19.4. The first-order valence-corrected chi connectivity index (χ1v) is 8.37. The van der Waals surface area contributed by atoms with Crippen molar-refractivity contribution in [2.24, 2.45) is 0 Å². The molecule has 0 saturated carbocycles. The molecule has 0 unspecified atom stereocenters. The number of nitro groups is 1. The number of nitrogens with zero attached hydrogens (tertiary/aromatic N) is 2. The van der Waals surface area contributed by atoms with Crippen molar-refractivity contribution in [1.82, 2.24) is 4.57 Å². The molecule has 0 bridgehead atoms. The van der Waals surface area contributed by atoms with Crippen LogP contribution in [0.1, 0.15) is 5.56 Å². The number of para-hydroxylation sites is 1. The van der Waals surface area contributed by atoms with Crippen molar-refractivity contribution in [2.45, 2.75) is 6.18 Å². The molecule has 28 heavy (non-hydrogen) atoms. The van der Waals surface area contributed by atoms with E-state index < -0.39 is 16.7 Å². The van der Waals surface area contributed by atoms with Crippen LogP contribution in [0.2, 0.25) is 0 Å². The van der Waals surface area contributed by atoms with E-state index in [2.05, 4.69) is 0 Å². The molecular weight excluding hydrogens is 369 g/mol. The summed E-state index contributed by atoms with van der Waals surface area (Å²) in [4.78, 5) is 10.9. The SMILES string of the molecule is O=[N+]([O-])c1ccccc1-c1ccc2ccn(-c3cccc(C(F)(F)F)c3)c2c1. The number of alkyl halides is 3. The van der Waals surface area contributed by atoms with Crippen LogP contribution in [0.25, 0.3) is 27.7 Å². The third-order valence-electron chi connectivity index (χ3n) is 4.56. The van der Waals surface area contributed by atoms with Crippen LogP contribution in [0.3, 0.4) is 0 Å². The van der Waals surface area contributed by atoms with Gasteiger partial charge in [-0.15, -0.1) is 0 Å². The molecule has 0 fully saturated rings. The van der Waals surface area contributed by atoms with E-state index in [0.717, 1.165) is 17.5 Å². The fraction of sp³-hybridized carbons (Fsp3) is 0.0476. The number of nitro benzene ring substituents is 1. The minimum atomic E-state index is -4.44. The Balaban J connectivity index is 1.88. The zero-order valence-corrected chi connectivity index (χ0v) is 14.4. The van der Waals surface area contributed by atoms with Crippen LogP contribution in [-0.4, -0.2) is 9.49 Å². The van der Waals surface area contributed by atoms with Gasteiger partial charge >= 0.3 is 6.18 Å². The molecule has 3 aromatic carbocycles. The minimum Gasteiger partial charge on any atom is -0.317 e. The fourth-order valence-electron chi connectivity index (χ4n) is 3.23. The van der Waals surface area contributed by atoms with Crippen molar-refractivity contribution >= 4 is 16.6 Å². The van der Waals surface area contributed by atoms with Crippen LogP contribution < -0.4 is 0 Å². The van der Waals surface area contributed by atoms with E-state index in [9.17, 15) is 23.3 Å². The molecule has 4 rings (SSSR count). The lowest BCUT2D eigenvalue weighted by Crippen LogP contribution is -2.05. The first-order valence-electron chi connectivity index (χ1n) is 8.37. The van der Waals surface area contributed by atoms with Gasteiger partial charge in [-0.1, -0.05) is 30.3 Å². The number of halogens is 3. The molecule has 0 spiro atoms. The van der Waals surface area contributed by atoms with Gasteiger partial charge < -0.3 is 4.57 Å². The lowest BCUT2D eigenvalue weighted by molar-refractivity contribution is -0.384. The number of hydrogen-bond donors (Lipinski definition) is 0. The molecule has 1 aromatic heterocycles. The van der Waals surface area contributed by atoms with Gasteiger partial charge in [0, 0.05) is 18.0 Å². The Hall–Kier alpha value is -3.61. The molecule has 140 valence electrons. The number of aromatic nitrogens is 1. The lowest BCUT2D eigenvalue weighted by atomic mass is 10.0. The Morgan fingerprint density at radius 1 is 0.893 bits per heavy atom. The van der Waals surface area contributed by atoms with Gasteiger partial charge in [0.1, 0.15) is 0 Å². The number of rotatable bonds is 3. The fourth-order valence-corrected chi connectivity index (χ4v) is 3.23. The smallest absolute Gasteiger partial charge is 0.317 e. The third-order valence-corrected chi connectivity index (χ3v) is 4.56. The maximum Gasteiger partial charge on any atom is 0.416 e. The average molecular weight is 382 g/mol. The van der Waals surface area contributed by atoms with Gasteiger partial charge in [-0.05, 0) is 47.3 Å². The summed E-state index contributed by atoms with van der Waals surface area (Å²) >= 11 is 0. The van der Waals surface area contributed by atoms with Crippen LogP contribution in [0, 0.1) is 10.1 Å². The predicted octanol–water partition coefficient (Wildman–Crippen LogP) is 6.22. The minimum absolute atomic E-state index is 0.0287. The maximum atomic E-state index is 13.1. The van der Waals surface area contributed by atoms with Crippen LogP contribution in [0.5, 0.6) is 0 Å². The molecule has 0 N–H and O–H groups in total. The quantitative estimate of drug-likeness (QED) is 0.312. The molecule has 0 aliphatic rings. The first-order chi connectivity index (χ1) is 13.3. The Bertz CT molecular complexity index is 1200. The number of hydrogen-bond acceptors (Lipinski definition) is 2. The van der Waals surface area contributed by atoms with Gasteiger partial charge in [-0.3, -0.25) is 10.1 Å². The van der Waals surface area contributed by atoms with Crippen molar-refractivity contribution in [3.8, 4) is 16.8 Å². The molecule has 0 aliphatic carbocycles. The van der Waals surface area contributed by atoms with Gasteiger partial charge in [-0.2, -0.15) is 13.2 Å². The molecule has 1 heterocycles. The summed E-state index contributed by atoms with van der Waals surface area (Å²) < 4.78 is 40.8. The average Bonchev–Trinajstić information content (AvgIpc) is 3.10. The molecule has 4 nitrogen and oxygen atoms in total. The molecule has 0 radical (unpaired) electrons. The molecule has 0 amide bonds. The van der Waals surface area contributed by atoms with E-state index in [0.29, 0.717) is 22.3 Å². The van der Waals surface area contributed by atoms with Crippen LogP contribution in [0.4, 0.5) is 18.9 Å². The first kappa shape index (κ1) is 17.8. The van der Waals surface area contributed by atoms with Crippen molar-refractivity contribution in [1.29, 1.82) is 0 Å². The molecule has 0 atom stereocenters. The Morgan fingerprint density at radius 3 is 2.43 bits per heavy atom. The second-order valence-electron chi connectivity index (χ2n) is 6.28. The molecule has 0 saturated heterocycles. The Labute approximate surface area is 157 Å². The summed E-state index contributed by atoms with van der Waals surface area (Å²) in [5.41, 5.74) is 1.33. The summed E-state index contributed by atoms with van der Waals surface area (Å²) in [7, 11) is 0. The topological polar surface area (TPSA) is 48.1 Å². The monoisotopic (exact) mass is 382 g/mol. The second kappa shape index (κ2) is 6.53. The van der Waals surface area contributed by atoms with Gasteiger partial charge in [-0.25, -0.2) is 0 Å². The highest BCUT2D eigenvalue weighted by Gasteiger charge is 2.30. The van der Waals surface area contributed by atoms with E-state index >= 15 is 0 Å². The second-order valence-corrected chi connectivity index (χ2v) is 6.28. The normalized spacial score (nSPS) is 11.7. The Morgan fingerprint density at radius 2 is 1.68 bits per heavy atom. The lowest BCUT2D eigenvalue weighted by Gasteiger charge is -2.11. The van der Waals surface area contributed by atoms with Gasteiger partial charge in [0.15, 0.2) is 0 Å². The van der Waals surface area contributed by atoms with E-state index in [1.54, 1.807) is 59.3 Å². The van der Waals surface area contributed by atoms with E-state index in [1.807, 2.05) is 0 Å². The zero-order valence-electron chi connectivity index (χ0n) is 14.4. The largest absolute Gasteiger partial charge is 0.416 e. The summed E-state index contributed by atoms with van der Waals surface area (Å²) in [6.45, 7) is 0.